The van der Waals surface area contributed by atoms with Gasteiger partial charge in [-0.05, 0) is 60.9 Å². The van der Waals surface area contributed by atoms with Crippen molar-refractivity contribution in [3.8, 4) is 5.69 Å². The van der Waals surface area contributed by atoms with Crippen molar-refractivity contribution in [3.05, 3.63) is 109 Å². The molecule has 0 saturated carbocycles. The summed E-state index contributed by atoms with van der Waals surface area (Å²) in [6.45, 7) is 2.96. The number of aromatic nitrogens is 2. The Balaban J connectivity index is 1.14. The van der Waals surface area contributed by atoms with Crippen LogP contribution in [-0.4, -0.2) is 39.5 Å². The molecule has 4 aromatic rings. The highest BCUT2D eigenvalue weighted by molar-refractivity contribution is 5.95. The number of imidazole rings is 1. The number of rotatable bonds is 7. The van der Waals surface area contributed by atoms with Gasteiger partial charge in [0.1, 0.15) is 0 Å². The Morgan fingerprint density at radius 1 is 0.912 bits per heavy atom. The molecule has 172 valence electrons. The van der Waals surface area contributed by atoms with E-state index in [9.17, 15) is 4.79 Å². The number of nitrogens with one attached hydrogen (secondary N) is 2. The van der Waals surface area contributed by atoms with Crippen molar-refractivity contribution in [1.82, 2.24) is 19.8 Å². The summed E-state index contributed by atoms with van der Waals surface area (Å²) in [5, 5.41) is 6.62. The van der Waals surface area contributed by atoms with Crippen LogP contribution in [0.15, 0.2) is 97.6 Å². The minimum Gasteiger partial charge on any atom is -0.356 e. The van der Waals surface area contributed by atoms with E-state index < -0.39 is 0 Å². The third-order valence-electron chi connectivity index (χ3n) is 6.26. The van der Waals surface area contributed by atoms with Crippen molar-refractivity contribution < 1.29 is 4.79 Å². The third-order valence-corrected chi connectivity index (χ3v) is 6.26. The summed E-state index contributed by atoms with van der Waals surface area (Å²) < 4.78 is 1.96. The van der Waals surface area contributed by atoms with Crippen molar-refractivity contribution >= 4 is 17.3 Å². The number of hydrogen-bond donors (Lipinski definition) is 2. The van der Waals surface area contributed by atoms with Gasteiger partial charge in [0.15, 0.2) is 0 Å². The number of carbonyl (C=O) groups excluding carboxylic acids is 1. The van der Waals surface area contributed by atoms with Crippen molar-refractivity contribution in [2.75, 3.05) is 18.4 Å². The van der Waals surface area contributed by atoms with Crippen LogP contribution in [0.4, 0.5) is 11.4 Å². The molecule has 1 amide bonds. The zero-order valence-electron chi connectivity index (χ0n) is 19.1. The second-order valence-corrected chi connectivity index (χ2v) is 8.73. The number of likely N-dealkylation sites (tertiary alicyclic amines) is 1. The van der Waals surface area contributed by atoms with E-state index in [4.69, 9.17) is 0 Å². The van der Waals surface area contributed by atoms with Gasteiger partial charge < -0.3 is 15.2 Å². The second kappa shape index (κ2) is 10.4. The molecular weight excluding hydrogens is 422 g/mol. The number of benzene rings is 3. The Kier molecular flexibility index (Phi) is 6.68. The molecule has 5 rings (SSSR count). The molecule has 6 nitrogen and oxygen atoms in total. The van der Waals surface area contributed by atoms with E-state index in [2.05, 4.69) is 50.8 Å². The first-order valence-corrected chi connectivity index (χ1v) is 11.8. The van der Waals surface area contributed by atoms with E-state index in [-0.39, 0.29) is 11.9 Å². The molecule has 1 aromatic heterocycles. The maximum Gasteiger partial charge on any atom is 0.251 e. The molecule has 0 atom stereocenters. The van der Waals surface area contributed by atoms with E-state index in [1.54, 1.807) is 12.5 Å². The Hall–Kier alpha value is -3.90. The molecule has 0 unspecified atom stereocenters. The molecule has 2 heterocycles. The van der Waals surface area contributed by atoms with E-state index in [1.165, 1.54) is 5.56 Å². The molecule has 1 aliphatic rings. The summed E-state index contributed by atoms with van der Waals surface area (Å²) >= 11 is 0. The zero-order valence-corrected chi connectivity index (χ0v) is 19.1. The Labute approximate surface area is 200 Å². The minimum absolute atomic E-state index is 0.0133. The van der Waals surface area contributed by atoms with Crippen molar-refractivity contribution in [2.24, 2.45) is 0 Å². The molecule has 3 aromatic carbocycles. The van der Waals surface area contributed by atoms with Crippen LogP contribution in [0.5, 0.6) is 0 Å². The molecule has 34 heavy (non-hydrogen) atoms. The van der Waals surface area contributed by atoms with Gasteiger partial charge in [-0.2, -0.15) is 0 Å². The molecular formula is C28H29N5O. The number of hydrogen-bond acceptors (Lipinski definition) is 4. The molecule has 6 heteroatoms. The lowest BCUT2D eigenvalue weighted by Gasteiger charge is -2.32. The first-order chi connectivity index (χ1) is 16.7. The Morgan fingerprint density at radius 2 is 1.71 bits per heavy atom. The lowest BCUT2D eigenvalue weighted by molar-refractivity contribution is 0.0909. The van der Waals surface area contributed by atoms with Gasteiger partial charge in [0.2, 0.25) is 0 Å². The lowest BCUT2D eigenvalue weighted by atomic mass is 10.0. The first-order valence-electron chi connectivity index (χ1n) is 11.8. The predicted octanol–water partition coefficient (Wildman–Crippen LogP) is 5.01. The Bertz CT molecular complexity index is 1200. The number of piperidine rings is 1. The zero-order chi connectivity index (χ0) is 23.2. The monoisotopic (exact) mass is 451 g/mol. The van der Waals surface area contributed by atoms with Crippen LogP contribution in [0.1, 0.15) is 28.8 Å². The molecule has 0 spiro atoms. The first kappa shape index (κ1) is 21.9. The van der Waals surface area contributed by atoms with Crippen molar-refractivity contribution in [1.29, 1.82) is 0 Å². The third kappa shape index (κ3) is 5.53. The molecule has 0 aliphatic carbocycles. The van der Waals surface area contributed by atoms with Gasteiger partial charge in [0.25, 0.3) is 5.91 Å². The number of carbonyl (C=O) groups is 1. The standard InChI is InChI=1S/C28H29N5O/c34-28(31-25-13-16-32(17-14-25)20-22-5-2-1-3-6-22)23-7-4-8-26(19-23)30-24-9-11-27(12-10-24)33-18-15-29-21-33/h1-12,15,18-19,21,25,30H,13-14,16-17,20H2,(H,31,34). The normalized spacial score (nSPS) is 14.6. The summed E-state index contributed by atoms with van der Waals surface area (Å²) in [6, 6.07) is 26.5. The summed E-state index contributed by atoms with van der Waals surface area (Å²) in [4.78, 5) is 19.4. The topological polar surface area (TPSA) is 62.2 Å². The largest absolute Gasteiger partial charge is 0.356 e. The van der Waals surface area contributed by atoms with Gasteiger partial charge in [-0.1, -0.05) is 36.4 Å². The maximum atomic E-state index is 12.9. The molecule has 0 radical (unpaired) electrons. The number of amides is 1. The van der Waals surface area contributed by atoms with Gasteiger partial charge >= 0.3 is 0 Å². The highest BCUT2D eigenvalue weighted by Gasteiger charge is 2.21. The summed E-state index contributed by atoms with van der Waals surface area (Å²) in [6.07, 6.45) is 7.39. The fourth-order valence-corrected chi connectivity index (χ4v) is 4.38. The van der Waals surface area contributed by atoms with Gasteiger partial charge in [-0.3, -0.25) is 9.69 Å². The molecule has 0 bridgehead atoms. The molecule has 1 fully saturated rings. The SMILES string of the molecule is O=C(NC1CCN(Cc2ccccc2)CC1)c1cccc(Nc2ccc(-n3ccnc3)cc2)c1. The average molecular weight is 452 g/mol. The van der Waals surface area contributed by atoms with Crippen LogP contribution in [0.25, 0.3) is 5.69 Å². The summed E-state index contributed by atoms with van der Waals surface area (Å²) in [5.74, 6) is -0.0133. The molecule has 1 aliphatic heterocycles. The second-order valence-electron chi connectivity index (χ2n) is 8.73. The van der Waals surface area contributed by atoms with E-state index in [0.29, 0.717) is 5.56 Å². The van der Waals surface area contributed by atoms with Crippen LogP contribution >= 0.6 is 0 Å². The van der Waals surface area contributed by atoms with E-state index in [0.717, 1.165) is 49.5 Å². The average Bonchev–Trinajstić information content (AvgIpc) is 3.42. The van der Waals surface area contributed by atoms with Crippen LogP contribution in [0, 0.1) is 0 Å². The van der Waals surface area contributed by atoms with Crippen molar-refractivity contribution in [3.63, 3.8) is 0 Å². The fourth-order valence-electron chi connectivity index (χ4n) is 4.38. The van der Waals surface area contributed by atoms with Crippen LogP contribution in [-0.2, 0) is 6.54 Å². The number of anilines is 2. The van der Waals surface area contributed by atoms with Gasteiger partial charge in [0, 0.05) is 60.7 Å². The van der Waals surface area contributed by atoms with E-state index in [1.807, 2.05) is 59.3 Å². The van der Waals surface area contributed by atoms with Crippen LogP contribution in [0.2, 0.25) is 0 Å². The molecule has 1 saturated heterocycles. The van der Waals surface area contributed by atoms with Crippen LogP contribution < -0.4 is 10.6 Å². The Morgan fingerprint density at radius 3 is 2.44 bits per heavy atom. The molecule has 2 N–H and O–H groups in total. The lowest BCUT2D eigenvalue weighted by Crippen LogP contribution is -2.44. The smallest absolute Gasteiger partial charge is 0.251 e. The number of nitrogens with zero attached hydrogens (tertiary/aromatic N) is 3. The van der Waals surface area contributed by atoms with Gasteiger partial charge in [0.05, 0.1) is 6.33 Å². The summed E-state index contributed by atoms with van der Waals surface area (Å²) in [5.41, 5.74) is 4.91. The quantitative estimate of drug-likeness (QED) is 0.415. The van der Waals surface area contributed by atoms with Crippen molar-refractivity contribution in [2.45, 2.75) is 25.4 Å². The maximum absolute atomic E-state index is 12.9. The highest BCUT2D eigenvalue weighted by atomic mass is 16.1. The van der Waals surface area contributed by atoms with Gasteiger partial charge in [-0.15, -0.1) is 0 Å². The minimum atomic E-state index is -0.0133. The summed E-state index contributed by atoms with van der Waals surface area (Å²) in [7, 11) is 0. The van der Waals surface area contributed by atoms with E-state index >= 15 is 0 Å². The van der Waals surface area contributed by atoms with Crippen LogP contribution in [0.3, 0.4) is 0 Å². The predicted molar refractivity (Wildman–Crippen MR) is 135 cm³/mol. The fraction of sp³-hybridized carbons (Fsp3) is 0.214. The van der Waals surface area contributed by atoms with Gasteiger partial charge in [-0.25, -0.2) is 4.98 Å². The highest BCUT2D eigenvalue weighted by Crippen LogP contribution is 2.20.